The Morgan fingerprint density at radius 3 is 2.65 bits per heavy atom. The summed E-state index contributed by atoms with van der Waals surface area (Å²) < 4.78 is 5.41. The van der Waals surface area contributed by atoms with Gasteiger partial charge in [0.05, 0.1) is 12.6 Å². The van der Waals surface area contributed by atoms with Crippen molar-refractivity contribution in [1.82, 2.24) is 4.90 Å². The van der Waals surface area contributed by atoms with Crippen LogP contribution < -0.4 is 0 Å². The van der Waals surface area contributed by atoms with Gasteiger partial charge in [0.2, 0.25) is 0 Å². The van der Waals surface area contributed by atoms with E-state index in [1.165, 1.54) is 6.42 Å². The van der Waals surface area contributed by atoms with Crippen LogP contribution in [-0.2, 0) is 4.74 Å². The number of amides is 1. The average Bonchev–Trinajstić information content (AvgIpc) is 2.90. The van der Waals surface area contributed by atoms with Crippen molar-refractivity contribution in [2.45, 2.75) is 51.7 Å². The smallest absolute Gasteiger partial charge is 0.410 e. The lowest BCUT2D eigenvalue weighted by Gasteiger charge is -2.31. The number of fused-ring (bicyclic) bond motifs is 1. The van der Waals surface area contributed by atoms with Crippen molar-refractivity contribution in [2.24, 2.45) is 11.8 Å². The third-order valence-electron chi connectivity index (χ3n) is 3.65. The van der Waals surface area contributed by atoms with Crippen molar-refractivity contribution in [3.8, 4) is 0 Å². The first-order valence-electron chi connectivity index (χ1n) is 6.51. The fraction of sp³-hybridized carbons (Fsp3) is 0.923. The van der Waals surface area contributed by atoms with E-state index in [0.717, 1.165) is 25.3 Å². The lowest BCUT2D eigenvalue weighted by Crippen LogP contribution is -2.45. The maximum atomic E-state index is 12.1. The van der Waals surface area contributed by atoms with Gasteiger partial charge < -0.3 is 14.7 Å². The van der Waals surface area contributed by atoms with Crippen LogP contribution in [0.3, 0.4) is 0 Å². The molecule has 98 valence electrons. The van der Waals surface area contributed by atoms with Gasteiger partial charge in [-0.2, -0.15) is 0 Å². The summed E-state index contributed by atoms with van der Waals surface area (Å²) in [4.78, 5) is 13.8. The zero-order valence-electron chi connectivity index (χ0n) is 11.0. The molecule has 2 fully saturated rings. The molecule has 0 spiro atoms. The molecule has 1 aliphatic carbocycles. The molecule has 0 aromatic carbocycles. The van der Waals surface area contributed by atoms with Crippen LogP contribution in [0.25, 0.3) is 0 Å². The lowest BCUT2D eigenvalue weighted by atomic mass is 10.1. The number of likely N-dealkylation sites (tertiary alicyclic amines) is 1. The number of aliphatic hydroxyl groups excluding tert-OH is 1. The minimum absolute atomic E-state index is 0.0404. The Morgan fingerprint density at radius 1 is 1.35 bits per heavy atom. The van der Waals surface area contributed by atoms with Gasteiger partial charge >= 0.3 is 6.09 Å². The van der Waals surface area contributed by atoms with E-state index in [-0.39, 0.29) is 18.7 Å². The Balaban J connectivity index is 2.01. The first kappa shape index (κ1) is 12.7. The monoisotopic (exact) mass is 241 g/mol. The Morgan fingerprint density at radius 2 is 2.06 bits per heavy atom. The molecule has 0 aromatic heterocycles. The number of nitrogens with zero attached hydrogens (tertiary/aromatic N) is 1. The largest absolute Gasteiger partial charge is 0.444 e. The van der Waals surface area contributed by atoms with Crippen LogP contribution in [0, 0.1) is 11.8 Å². The van der Waals surface area contributed by atoms with Crippen molar-refractivity contribution in [2.75, 3.05) is 13.2 Å². The van der Waals surface area contributed by atoms with Gasteiger partial charge in [0.1, 0.15) is 5.60 Å². The third kappa shape index (κ3) is 3.12. The molecule has 1 saturated carbocycles. The van der Waals surface area contributed by atoms with Crippen LogP contribution >= 0.6 is 0 Å². The summed E-state index contributed by atoms with van der Waals surface area (Å²) in [6.45, 7) is 6.41. The highest BCUT2D eigenvalue weighted by atomic mass is 16.6. The number of ether oxygens (including phenoxy) is 1. The number of carbonyl (C=O) groups excluding carboxylic acids is 1. The fourth-order valence-electron chi connectivity index (χ4n) is 2.59. The SMILES string of the molecule is CC(C)(C)OC(=O)N1CC2C[C@H]2CC[C@H]1CO. The third-order valence-corrected chi connectivity index (χ3v) is 3.65. The number of aliphatic hydroxyl groups is 1. The average molecular weight is 241 g/mol. The summed E-state index contributed by atoms with van der Waals surface area (Å²) in [5.74, 6) is 1.41. The highest BCUT2D eigenvalue weighted by Gasteiger charge is 2.44. The first-order valence-corrected chi connectivity index (χ1v) is 6.51. The minimum Gasteiger partial charge on any atom is -0.444 e. The molecular formula is C13H23NO3. The highest BCUT2D eigenvalue weighted by molar-refractivity contribution is 5.68. The second-order valence-electron chi connectivity index (χ2n) is 6.30. The van der Waals surface area contributed by atoms with Crippen LogP contribution in [0.2, 0.25) is 0 Å². The number of carbonyl (C=O) groups is 1. The van der Waals surface area contributed by atoms with Crippen molar-refractivity contribution in [3.05, 3.63) is 0 Å². The van der Waals surface area contributed by atoms with Crippen LogP contribution in [0.4, 0.5) is 4.79 Å². The molecule has 3 atom stereocenters. The van der Waals surface area contributed by atoms with E-state index in [9.17, 15) is 9.90 Å². The van der Waals surface area contributed by atoms with Gasteiger partial charge in [-0.25, -0.2) is 4.79 Å². The Labute approximate surface area is 103 Å². The molecule has 2 aliphatic rings. The van der Waals surface area contributed by atoms with Crippen molar-refractivity contribution < 1.29 is 14.6 Å². The summed E-state index contributed by atoms with van der Waals surface area (Å²) in [5, 5.41) is 9.39. The second-order valence-corrected chi connectivity index (χ2v) is 6.30. The zero-order valence-corrected chi connectivity index (χ0v) is 11.0. The summed E-state index contributed by atoms with van der Waals surface area (Å²) in [7, 11) is 0. The van der Waals surface area contributed by atoms with E-state index in [1.54, 1.807) is 4.90 Å². The normalized spacial score (nSPS) is 32.7. The van der Waals surface area contributed by atoms with Crippen LogP contribution in [0.1, 0.15) is 40.0 Å². The maximum Gasteiger partial charge on any atom is 0.410 e. The molecule has 0 bridgehead atoms. The molecule has 1 N–H and O–H groups in total. The molecule has 1 heterocycles. The highest BCUT2D eigenvalue weighted by Crippen LogP contribution is 2.45. The Bertz CT molecular complexity index is 298. The van der Waals surface area contributed by atoms with Gasteiger partial charge in [-0.1, -0.05) is 0 Å². The van der Waals surface area contributed by atoms with E-state index < -0.39 is 5.60 Å². The van der Waals surface area contributed by atoms with E-state index in [4.69, 9.17) is 4.74 Å². The Kier molecular flexibility index (Phi) is 3.34. The lowest BCUT2D eigenvalue weighted by molar-refractivity contribution is 0.00845. The quantitative estimate of drug-likeness (QED) is 0.764. The molecule has 0 radical (unpaired) electrons. The molecule has 17 heavy (non-hydrogen) atoms. The van der Waals surface area contributed by atoms with E-state index in [1.807, 2.05) is 20.8 Å². The molecule has 4 heteroatoms. The molecule has 1 aliphatic heterocycles. The van der Waals surface area contributed by atoms with Crippen molar-refractivity contribution >= 4 is 6.09 Å². The molecule has 4 nitrogen and oxygen atoms in total. The van der Waals surface area contributed by atoms with E-state index >= 15 is 0 Å². The summed E-state index contributed by atoms with van der Waals surface area (Å²) >= 11 is 0. The standard InChI is InChI=1S/C13H23NO3/c1-13(2,3)17-12(16)14-7-10-6-9(10)4-5-11(14)8-15/h9-11,15H,4-8H2,1-3H3/t9-,10?,11+/m1/s1. The summed E-state index contributed by atoms with van der Waals surface area (Å²) in [6, 6.07) is -0.0577. The molecule has 1 unspecified atom stereocenters. The topological polar surface area (TPSA) is 49.8 Å². The number of hydrogen-bond acceptors (Lipinski definition) is 3. The van der Waals surface area contributed by atoms with Gasteiger partial charge in [-0.05, 0) is 51.9 Å². The predicted octanol–water partition coefficient (Wildman–Crippen LogP) is 2.01. The summed E-state index contributed by atoms with van der Waals surface area (Å²) in [5.41, 5.74) is -0.466. The molecule has 0 aromatic rings. The number of hydrogen-bond donors (Lipinski definition) is 1. The zero-order chi connectivity index (χ0) is 12.6. The molecular weight excluding hydrogens is 218 g/mol. The number of rotatable bonds is 1. The predicted molar refractivity (Wildman–Crippen MR) is 64.6 cm³/mol. The molecule has 1 amide bonds. The van der Waals surface area contributed by atoms with Gasteiger partial charge in [0.15, 0.2) is 0 Å². The van der Waals surface area contributed by atoms with Crippen LogP contribution in [-0.4, -0.2) is 40.9 Å². The van der Waals surface area contributed by atoms with E-state index in [2.05, 4.69) is 0 Å². The van der Waals surface area contributed by atoms with Gasteiger partial charge in [0, 0.05) is 6.54 Å². The van der Waals surface area contributed by atoms with Crippen molar-refractivity contribution in [1.29, 1.82) is 0 Å². The molecule has 1 saturated heterocycles. The molecule has 2 rings (SSSR count). The van der Waals surface area contributed by atoms with Crippen molar-refractivity contribution in [3.63, 3.8) is 0 Å². The second kappa shape index (κ2) is 4.48. The van der Waals surface area contributed by atoms with Gasteiger partial charge in [0.25, 0.3) is 0 Å². The van der Waals surface area contributed by atoms with Crippen LogP contribution in [0.15, 0.2) is 0 Å². The van der Waals surface area contributed by atoms with Gasteiger partial charge in [-0.3, -0.25) is 0 Å². The first-order chi connectivity index (χ1) is 7.90. The summed E-state index contributed by atoms with van der Waals surface area (Å²) in [6.07, 6.45) is 2.99. The minimum atomic E-state index is -0.466. The van der Waals surface area contributed by atoms with Gasteiger partial charge in [-0.15, -0.1) is 0 Å². The van der Waals surface area contributed by atoms with Crippen LogP contribution in [0.5, 0.6) is 0 Å². The maximum absolute atomic E-state index is 12.1. The fourth-order valence-corrected chi connectivity index (χ4v) is 2.59. The van der Waals surface area contributed by atoms with E-state index in [0.29, 0.717) is 5.92 Å². The Hall–Kier alpha value is -0.770.